The largest absolute Gasteiger partial charge is 0.366 e. The average molecular weight is 305 g/mol. The number of rotatable bonds is 2. The smallest absolute Gasteiger partial charge is 0.155 e. The summed E-state index contributed by atoms with van der Waals surface area (Å²) < 4.78 is 1.15. The minimum Gasteiger partial charge on any atom is -0.366 e. The maximum Gasteiger partial charge on any atom is 0.155 e. The van der Waals surface area contributed by atoms with Gasteiger partial charge in [0.2, 0.25) is 0 Å². The summed E-state index contributed by atoms with van der Waals surface area (Å²) in [6.07, 6.45) is 5.62. The van der Waals surface area contributed by atoms with Crippen LogP contribution in [0.4, 0.5) is 5.82 Å². The summed E-state index contributed by atoms with van der Waals surface area (Å²) in [5.74, 6) is 0.964. The number of aryl methyl sites for hydroxylation is 1. The molecule has 0 radical (unpaired) electrons. The van der Waals surface area contributed by atoms with Gasteiger partial charge in [0.1, 0.15) is 10.6 Å². The summed E-state index contributed by atoms with van der Waals surface area (Å²) in [6, 6.07) is 2.60. The number of halogens is 1. The van der Waals surface area contributed by atoms with Gasteiger partial charge in [-0.25, -0.2) is 4.98 Å². The SMILES string of the molecule is Cc1c(Cl)nnc2sc3c(NC4CCC4)nccc3c12. The molecule has 0 bridgehead atoms. The Kier molecular flexibility index (Phi) is 2.79. The maximum absolute atomic E-state index is 6.10. The predicted molar refractivity (Wildman–Crippen MR) is 83.7 cm³/mol. The second-order valence-corrected chi connectivity index (χ2v) is 6.56. The van der Waals surface area contributed by atoms with Gasteiger partial charge in [0.25, 0.3) is 0 Å². The Hall–Kier alpha value is -1.46. The highest BCUT2D eigenvalue weighted by Gasteiger charge is 2.20. The van der Waals surface area contributed by atoms with Crippen LogP contribution in [0, 0.1) is 6.92 Å². The van der Waals surface area contributed by atoms with Crippen LogP contribution in [0.25, 0.3) is 20.3 Å². The third-order valence-electron chi connectivity index (χ3n) is 3.95. The van der Waals surface area contributed by atoms with Gasteiger partial charge in [0.15, 0.2) is 5.15 Å². The van der Waals surface area contributed by atoms with Crippen LogP contribution in [0.2, 0.25) is 5.15 Å². The monoisotopic (exact) mass is 304 g/mol. The third kappa shape index (κ3) is 1.77. The molecule has 1 fully saturated rings. The summed E-state index contributed by atoms with van der Waals surface area (Å²) in [7, 11) is 0. The van der Waals surface area contributed by atoms with Gasteiger partial charge in [0.05, 0.1) is 4.70 Å². The highest BCUT2D eigenvalue weighted by molar-refractivity contribution is 7.26. The molecule has 0 unspecified atom stereocenters. The number of hydrogen-bond donors (Lipinski definition) is 1. The van der Waals surface area contributed by atoms with Gasteiger partial charge in [-0.15, -0.1) is 21.5 Å². The molecule has 3 aromatic heterocycles. The Bertz CT molecular complexity index is 810. The first kappa shape index (κ1) is 12.3. The van der Waals surface area contributed by atoms with E-state index in [4.69, 9.17) is 11.6 Å². The van der Waals surface area contributed by atoms with E-state index in [0.29, 0.717) is 11.2 Å². The first-order valence-corrected chi connectivity index (χ1v) is 7.90. The van der Waals surface area contributed by atoms with Crippen molar-refractivity contribution in [3.8, 4) is 0 Å². The van der Waals surface area contributed by atoms with Gasteiger partial charge >= 0.3 is 0 Å². The van der Waals surface area contributed by atoms with Crippen LogP contribution in [0.15, 0.2) is 12.3 Å². The summed E-state index contributed by atoms with van der Waals surface area (Å²) in [4.78, 5) is 5.42. The van der Waals surface area contributed by atoms with Gasteiger partial charge in [-0.2, -0.15) is 0 Å². The van der Waals surface area contributed by atoms with Gasteiger partial charge < -0.3 is 5.32 Å². The second kappa shape index (κ2) is 4.53. The van der Waals surface area contributed by atoms with Crippen molar-refractivity contribution in [2.45, 2.75) is 32.2 Å². The van der Waals surface area contributed by atoms with E-state index < -0.39 is 0 Å². The van der Waals surface area contributed by atoms with E-state index >= 15 is 0 Å². The number of anilines is 1. The summed E-state index contributed by atoms with van der Waals surface area (Å²) in [5.41, 5.74) is 0.990. The van der Waals surface area contributed by atoms with Crippen molar-refractivity contribution in [3.63, 3.8) is 0 Å². The molecule has 4 nitrogen and oxygen atoms in total. The molecule has 1 N–H and O–H groups in total. The number of fused-ring (bicyclic) bond motifs is 3. The molecule has 6 heteroatoms. The van der Waals surface area contributed by atoms with Gasteiger partial charge in [0, 0.05) is 23.0 Å². The van der Waals surface area contributed by atoms with Crippen LogP contribution in [0.3, 0.4) is 0 Å². The van der Waals surface area contributed by atoms with Crippen molar-refractivity contribution < 1.29 is 0 Å². The highest BCUT2D eigenvalue weighted by atomic mass is 35.5. The third-order valence-corrected chi connectivity index (χ3v) is 5.40. The number of thiophene rings is 1. The van der Waals surface area contributed by atoms with E-state index in [1.165, 1.54) is 19.3 Å². The average Bonchev–Trinajstić information content (AvgIpc) is 2.78. The molecule has 0 saturated heterocycles. The van der Waals surface area contributed by atoms with E-state index in [9.17, 15) is 0 Å². The van der Waals surface area contributed by atoms with Crippen LogP contribution in [0.1, 0.15) is 24.8 Å². The van der Waals surface area contributed by atoms with Gasteiger partial charge in [-0.1, -0.05) is 11.6 Å². The van der Waals surface area contributed by atoms with Crippen LogP contribution < -0.4 is 5.32 Å². The molecule has 0 spiro atoms. The fraction of sp³-hybridized carbons (Fsp3) is 0.357. The molecule has 0 aliphatic heterocycles. The van der Waals surface area contributed by atoms with E-state index in [1.807, 2.05) is 19.2 Å². The molecule has 0 amide bonds. The fourth-order valence-electron chi connectivity index (χ4n) is 2.56. The standard InChI is InChI=1S/C14H13ClN4S/c1-7-10-9-5-6-16-13(17-8-3-2-4-8)11(9)20-14(10)19-18-12(7)15/h5-6,8H,2-4H2,1H3,(H,16,17). The second-order valence-electron chi connectivity index (χ2n) is 5.21. The zero-order valence-corrected chi connectivity index (χ0v) is 12.6. The van der Waals surface area contributed by atoms with Crippen molar-refractivity contribution in [1.29, 1.82) is 0 Å². The number of aromatic nitrogens is 3. The quantitative estimate of drug-likeness (QED) is 0.772. The number of hydrogen-bond acceptors (Lipinski definition) is 5. The number of nitrogens with zero attached hydrogens (tertiary/aromatic N) is 3. The molecule has 1 aliphatic carbocycles. The van der Waals surface area contributed by atoms with Crippen LogP contribution in [-0.2, 0) is 0 Å². The number of nitrogens with one attached hydrogen (secondary N) is 1. The summed E-state index contributed by atoms with van der Waals surface area (Å²) in [5, 5.41) is 14.5. The predicted octanol–water partition coefficient (Wildman–Crippen LogP) is 4.17. The lowest BCUT2D eigenvalue weighted by molar-refractivity contribution is 0.445. The lowest BCUT2D eigenvalue weighted by Crippen LogP contribution is -2.27. The van der Waals surface area contributed by atoms with Crippen molar-refractivity contribution in [1.82, 2.24) is 15.2 Å². The Morgan fingerprint density at radius 2 is 2.20 bits per heavy atom. The molecule has 0 atom stereocenters. The zero-order valence-electron chi connectivity index (χ0n) is 11.0. The normalized spacial score (nSPS) is 15.7. The number of pyridine rings is 1. The molecule has 3 heterocycles. The van der Waals surface area contributed by atoms with E-state index in [2.05, 4.69) is 20.5 Å². The van der Waals surface area contributed by atoms with Crippen molar-refractivity contribution in [2.24, 2.45) is 0 Å². The lowest BCUT2D eigenvalue weighted by atomic mass is 9.93. The van der Waals surface area contributed by atoms with Gasteiger partial charge in [-0.3, -0.25) is 0 Å². The van der Waals surface area contributed by atoms with Gasteiger partial charge in [-0.05, 0) is 37.8 Å². The molecule has 1 aliphatic rings. The van der Waals surface area contributed by atoms with E-state index in [0.717, 1.165) is 31.7 Å². The maximum atomic E-state index is 6.10. The van der Waals surface area contributed by atoms with Crippen LogP contribution >= 0.6 is 22.9 Å². The lowest BCUT2D eigenvalue weighted by Gasteiger charge is -2.27. The van der Waals surface area contributed by atoms with Crippen LogP contribution in [0.5, 0.6) is 0 Å². The summed E-state index contributed by atoms with van der Waals surface area (Å²) >= 11 is 7.73. The highest BCUT2D eigenvalue weighted by Crippen LogP contribution is 2.39. The molecule has 20 heavy (non-hydrogen) atoms. The van der Waals surface area contributed by atoms with Crippen molar-refractivity contribution >= 4 is 49.1 Å². The zero-order chi connectivity index (χ0) is 13.7. The minimum absolute atomic E-state index is 0.475. The minimum atomic E-state index is 0.475. The fourth-order valence-corrected chi connectivity index (χ4v) is 3.82. The Labute approximate surface area is 125 Å². The Balaban J connectivity index is 1.96. The first-order valence-electron chi connectivity index (χ1n) is 6.70. The van der Waals surface area contributed by atoms with Crippen molar-refractivity contribution in [2.75, 3.05) is 5.32 Å². The first-order chi connectivity index (χ1) is 9.74. The Morgan fingerprint density at radius 1 is 1.35 bits per heavy atom. The molecular formula is C14H13ClN4S. The van der Waals surface area contributed by atoms with E-state index in [-0.39, 0.29) is 0 Å². The Morgan fingerprint density at radius 3 is 2.95 bits per heavy atom. The van der Waals surface area contributed by atoms with Crippen molar-refractivity contribution in [3.05, 3.63) is 23.0 Å². The topological polar surface area (TPSA) is 50.7 Å². The molecule has 102 valence electrons. The molecule has 3 aromatic rings. The van der Waals surface area contributed by atoms with Crippen LogP contribution in [-0.4, -0.2) is 21.2 Å². The molecule has 1 saturated carbocycles. The molecule has 0 aromatic carbocycles. The summed E-state index contributed by atoms with van der Waals surface area (Å²) in [6.45, 7) is 1.99. The molecule has 4 rings (SSSR count). The van der Waals surface area contributed by atoms with E-state index in [1.54, 1.807) is 11.3 Å². The molecular weight excluding hydrogens is 292 g/mol.